The van der Waals surface area contributed by atoms with Crippen molar-refractivity contribution in [3.05, 3.63) is 109 Å². The maximum atomic E-state index is 12.8. The number of rotatable bonds is 33. The number of thioether (sulfide) groups is 1. The Morgan fingerprint density at radius 2 is 0.980 bits per heavy atom. The number of hydrogen-bond donors (Lipinski definition) is 13. The lowest BCUT2D eigenvalue weighted by Gasteiger charge is -2.47. The lowest BCUT2D eigenvalue weighted by atomic mass is 9.88. The molecule has 4 aromatic rings. The second-order valence-corrected chi connectivity index (χ2v) is 24.5. The molecule has 2 aromatic carbocycles. The van der Waals surface area contributed by atoms with Crippen molar-refractivity contribution in [3.63, 3.8) is 0 Å². The summed E-state index contributed by atoms with van der Waals surface area (Å²) >= 11 is 1.69. The molecule has 3 amide bonds. The standard InChI is InChI=1S/C25H37N5O8S.C23H30N4O8.C15H24N4O8.ClH/c1-16(31)27-21-19(32)13-25(24(35)36-2,37-10-6-11-39-12-9-26)38-23(21)22(34)20(33)15-30-14-18(28-29-30)17-7-4-3-5-8-17;1-4-10-34-23(22(32)33-3)11-17(29)19(24-14(2)28)21(35-23)20(31)18(30)13-27-12-16(25-26-27)15-8-6-5-7-9-15;1-4-5-26-15(14(24)25-3)6-9(21)11(18-8(2)20)13(27-15)12(23)10(22)7-17-19-16;/h3-5,7-8,14,19-23,32-34H,6,9-13,15,26H2,1-2H3,(H,27,31);4-9,12,17-21,29-31H,1,10-11,13H2,2-3H3,(H,24,28);4,9-13,21-23H,1,5-7H2,2-3H3,(H,18,20);1H/t19-,20-,21-,22-,23?,25-;17-,18-,19-,20-,21?,23-;9-,10-,11-,12-,13?,15-;/m111./s1. The lowest BCUT2D eigenvalue weighted by molar-refractivity contribution is -0.360. The van der Waals surface area contributed by atoms with Gasteiger partial charge in [0.25, 0.3) is 17.4 Å². The van der Waals surface area contributed by atoms with Crippen LogP contribution < -0.4 is 34.1 Å². The second kappa shape index (κ2) is 42.2. The zero-order valence-electron chi connectivity index (χ0n) is 57.0. The SMILES string of the molecule is C=CCO[C@]1(C(=O)OC)C[C@@H](O)[C@@H](NC(C)=O)C([C@H](O)[C@H](O)CN=[N+]=[N-])O1.C=CCO[C@]1(C(=O)OC)C[C@@H](O)[C@@H](NC(C)=O)C([C@H](O)[C@H](O)Cn2cc(-c3ccccc3)nn2)O1.COC(=O)[C@@]1(OCCCSCC[NH3+])C[C@@H](O)[C@@H](NC(C)=O)C([C@H](O)[C@H](O)Cn2cc(-c3ccccc3)nn2)O1.[Cl-]. The molecule has 0 spiro atoms. The van der Waals surface area contributed by atoms with Gasteiger partial charge >= 0.3 is 17.9 Å². The molecule has 3 fully saturated rings. The van der Waals surface area contributed by atoms with E-state index in [9.17, 15) is 74.7 Å². The summed E-state index contributed by atoms with van der Waals surface area (Å²) in [6.07, 6.45) is -12.8. The third kappa shape index (κ3) is 23.9. The van der Waals surface area contributed by atoms with Crippen molar-refractivity contribution in [3.8, 4) is 22.5 Å². The van der Waals surface area contributed by atoms with Gasteiger partial charge in [-0.25, -0.2) is 23.7 Å². The summed E-state index contributed by atoms with van der Waals surface area (Å²) in [7, 11) is 3.35. The van der Waals surface area contributed by atoms with Gasteiger partial charge in [0.2, 0.25) is 17.7 Å². The number of aromatic nitrogens is 6. The van der Waals surface area contributed by atoms with E-state index in [0.29, 0.717) is 17.8 Å². The quantitative estimate of drug-likeness (QED) is 0.00401. The second-order valence-electron chi connectivity index (χ2n) is 23.3. The van der Waals surface area contributed by atoms with E-state index in [1.807, 2.05) is 60.7 Å². The molecule has 0 aliphatic carbocycles. The van der Waals surface area contributed by atoms with Crippen LogP contribution in [-0.4, -0.2) is 286 Å². The fourth-order valence-electron chi connectivity index (χ4n) is 11.0. The van der Waals surface area contributed by atoms with Crippen molar-refractivity contribution in [2.24, 2.45) is 5.11 Å². The first-order valence-electron chi connectivity index (χ1n) is 31.8. The number of benzene rings is 2. The third-order valence-electron chi connectivity index (χ3n) is 15.7. The zero-order chi connectivity index (χ0) is 74.6. The van der Waals surface area contributed by atoms with E-state index in [4.69, 9.17) is 43.4 Å². The minimum atomic E-state index is -2.10. The van der Waals surface area contributed by atoms with Gasteiger partial charge in [0, 0.05) is 61.8 Å². The summed E-state index contributed by atoms with van der Waals surface area (Å²) in [6, 6.07) is 15.1. The number of carbonyl (C=O) groups excluding carboxylic acids is 6. The highest BCUT2D eigenvalue weighted by Gasteiger charge is 2.59. The van der Waals surface area contributed by atoms with Gasteiger partial charge in [-0.05, 0) is 17.7 Å². The Balaban J connectivity index is 0.000000328. The fourth-order valence-corrected chi connectivity index (χ4v) is 11.8. The molecule has 3 aliphatic rings. The van der Waals surface area contributed by atoms with E-state index in [2.05, 4.69) is 70.2 Å². The van der Waals surface area contributed by atoms with E-state index in [1.165, 1.54) is 42.3 Å². The number of esters is 3. The third-order valence-corrected chi connectivity index (χ3v) is 16.9. The molecule has 3 aliphatic heterocycles. The van der Waals surface area contributed by atoms with Crippen molar-refractivity contribution in [2.75, 3.05) is 65.7 Å². The molecular weight excluding hydrogens is 1390 g/mol. The van der Waals surface area contributed by atoms with E-state index < -0.39 is 157 Å². The number of aliphatic hydroxyl groups excluding tert-OH is 9. The number of nitrogens with one attached hydrogen (secondary N) is 3. The fraction of sp³-hybridized carbons (Fsp3) is 0.587. The monoisotopic (exact) mass is 1480 g/mol. The summed E-state index contributed by atoms with van der Waals surface area (Å²) in [5.74, 6) is -8.94. The Morgan fingerprint density at radius 1 is 0.627 bits per heavy atom. The molecule has 18 atom stereocenters. The van der Waals surface area contributed by atoms with Gasteiger partial charge in [-0.2, -0.15) is 11.8 Å². The molecule has 3 unspecified atom stereocenters. The van der Waals surface area contributed by atoms with Crippen LogP contribution in [0.2, 0.25) is 0 Å². The zero-order valence-corrected chi connectivity index (χ0v) is 58.6. The molecule has 566 valence electrons. The molecule has 15 N–H and O–H groups in total. The van der Waals surface area contributed by atoms with Crippen LogP contribution in [0.5, 0.6) is 0 Å². The van der Waals surface area contributed by atoms with Crippen LogP contribution in [0, 0.1) is 0 Å². The Morgan fingerprint density at radius 3 is 1.30 bits per heavy atom. The van der Waals surface area contributed by atoms with Crippen LogP contribution in [-0.2, 0) is 84.5 Å². The number of nitrogens with zero attached hydrogens (tertiary/aromatic N) is 9. The number of ether oxygens (including phenoxy) is 9. The van der Waals surface area contributed by atoms with E-state index in [0.717, 1.165) is 50.5 Å². The molecule has 5 heterocycles. The van der Waals surface area contributed by atoms with Crippen molar-refractivity contribution in [1.29, 1.82) is 0 Å². The maximum Gasteiger partial charge on any atom is 0.366 e. The number of hydrogen-bond acceptors (Lipinski definition) is 30. The molecule has 0 bridgehead atoms. The highest BCUT2D eigenvalue weighted by Crippen LogP contribution is 2.38. The van der Waals surface area contributed by atoms with Crippen molar-refractivity contribution in [1.82, 2.24) is 45.9 Å². The van der Waals surface area contributed by atoms with Gasteiger partial charge in [0.15, 0.2) is 0 Å². The molecular formula is C63H92ClN13O24S. The van der Waals surface area contributed by atoms with Gasteiger partial charge in [-0.15, -0.1) is 23.4 Å². The summed E-state index contributed by atoms with van der Waals surface area (Å²) in [5, 5.41) is 123. The number of methoxy groups -OCH3 is 3. The van der Waals surface area contributed by atoms with Crippen LogP contribution >= 0.6 is 11.8 Å². The highest BCUT2D eigenvalue weighted by atomic mass is 35.5. The number of carbonyl (C=O) groups is 6. The van der Waals surface area contributed by atoms with Crippen LogP contribution in [0.25, 0.3) is 33.0 Å². The number of quaternary nitrogens is 1. The predicted molar refractivity (Wildman–Crippen MR) is 352 cm³/mol. The Kier molecular flexibility index (Phi) is 35.9. The molecule has 37 nitrogen and oxygen atoms in total. The number of azide groups is 1. The minimum absolute atomic E-state index is 0. The number of amides is 3. The largest absolute Gasteiger partial charge is 1.00 e. The molecule has 102 heavy (non-hydrogen) atoms. The first kappa shape index (κ1) is 86.7. The molecule has 7 rings (SSSR count). The highest BCUT2D eigenvalue weighted by molar-refractivity contribution is 7.99. The van der Waals surface area contributed by atoms with Gasteiger partial charge in [-0.3, -0.25) is 14.4 Å². The molecule has 2 aromatic heterocycles. The maximum absolute atomic E-state index is 12.8. The lowest BCUT2D eigenvalue weighted by Crippen LogP contribution is -3.00. The first-order chi connectivity index (χ1) is 48.1. The first-order valence-corrected chi connectivity index (χ1v) is 32.9. The predicted octanol–water partition coefficient (Wildman–Crippen LogP) is -6.29. The van der Waals surface area contributed by atoms with Gasteiger partial charge < -0.3 is 123 Å². The topological polar surface area (TPSA) is 541 Å². The summed E-state index contributed by atoms with van der Waals surface area (Å²) in [5.41, 5.74) is 14.9. The summed E-state index contributed by atoms with van der Waals surface area (Å²) in [4.78, 5) is 75.3. The molecule has 0 radical (unpaired) electrons. The van der Waals surface area contributed by atoms with E-state index in [1.54, 1.807) is 24.2 Å². The normalized spacial score (nSPS) is 26.2. The van der Waals surface area contributed by atoms with Gasteiger partial charge in [0.05, 0.1) is 122 Å². The summed E-state index contributed by atoms with van der Waals surface area (Å²) in [6.45, 7) is 10.4. The molecule has 39 heteroatoms. The van der Waals surface area contributed by atoms with E-state index >= 15 is 0 Å². The average molecular weight is 1480 g/mol. The van der Waals surface area contributed by atoms with Crippen molar-refractivity contribution < 1.29 is 135 Å². The number of halogens is 1. The van der Waals surface area contributed by atoms with Crippen LogP contribution in [0.15, 0.2) is 103 Å². The van der Waals surface area contributed by atoms with Crippen LogP contribution in [0.3, 0.4) is 0 Å². The Hall–Kier alpha value is -7.67. The molecule has 0 saturated carbocycles. The van der Waals surface area contributed by atoms with Gasteiger partial charge in [-0.1, -0.05) is 88.4 Å². The summed E-state index contributed by atoms with van der Waals surface area (Å²) < 4.78 is 51.3. The Labute approximate surface area is 596 Å². The van der Waals surface area contributed by atoms with Crippen LogP contribution in [0.4, 0.5) is 0 Å². The average Bonchev–Trinajstić information content (AvgIpc) is 0.913. The van der Waals surface area contributed by atoms with E-state index in [-0.39, 0.29) is 58.2 Å². The number of aliphatic hydroxyl groups is 9. The Bertz CT molecular complexity index is 3350. The van der Waals surface area contributed by atoms with Crippen molar-refractivity contribution >= 4 is 47.4 Å². The van der Waals surface area contributed by atoms with Gasteiger partial charge in [0.1, 0.15) is 60.2 Å². The minimum Gasteiger partial charge on any atom is -1.00 e. The smallest absolute Gasteiger partial charge is 0.366 e. The van der Waals surface area contributed by atoms with Crippen LogP contribution in [0.1, 0.15) is 46.5 Å². The molecule has 3 saturated heterocycles. The van der Waals surface area contributed by atoms with Crippen molar-refractivity contribution in [2.45, 2.75) is 168 Å².